The molecule has 1 amide bonds. The van der Waals surface area contributed by atoms with Crippen LogP contribution in [0.15, 0.2) is 55.0 Å². The average Bonchev–Trinajstić information content (AvgIpc) is 3.30. The molecule has 6 nitrogen and oxygen atoms in total. The number of nitrogens with zero attached hydrogens (tertiary/aromatic N) is 4. The first-order valence-corrected chi connectivity index (χ1v) is 10.9. The first-order chi connectivity index (χ1) is 15.2. The van der Waals surface area contributed by atoms with Gasteiger partial charge < -0.3 is 9.64 Å². The van der Waals surface area contributed by atoms with E-state index in [9.17, 15) is 4.79 Å². The Kier molecular flexibility index (Phi) is 6.67. The number of aryl methyl sites for hydroxylation is 1. The lowest BCUT2D eigenvalue weighted by Crippen LogP contribution is -2.31. The number of amides is 1. The standard InChI is InChI=1S/C25H28N4O2/c1-3-5-23-27-16-21(19-11-13-26-14-12-19)24(28-23)22-6-4-15-29(22)25(30)20-9-7-18(8-10-20)17-31-2/h7-14,16,22H,3-6,15,17H2,1-2H3. The minimum Gasteiger partial charge on any atom is -0.380 e. The number of carbonyl (C=O) groups excluding carboxylic acids is 1. The highest BCUT2D eigenvalue weighted by molar-refractivity contribution is 5.94. The van der Waals surface area contributed by atoms with E-state index in [1.54, 1.807) is 19.5 Å². The third-order valence-corrected chi connectivity index (χ3v) is 5.67. The van der Waals surface area contributed by atoms with Gasteiger partial charge in [-0.1, -0.05) is 19.1 Å². The van der Waals surface area contributed by atoms with E-state index in [1.165, 1.54) is 0 Å². The van der Waals surface area contributed by atoms with E-state index in [4.69, 9.17) is 9.72 Å². The van der Waals surface area contributed by atoms with Crippen LogP contribution in [0, 0.1) is 0 Å². The molecule has 1 atom stereocenters. The van der Waals surface area contributed by atoms with Crippen molar-refractivity contribution in [1.29, 1.82) is 0 Å². The molecule has 1 aromatic carbocycles. The van der Waals surface area contributed by atoms with Gasteiger partial charge in [0.25, 0.3) is 5.91 Å². The van der Waals surface area contributed by atoms with Crippen LogP contribution in [-0.2, 0) is 17.8 Å². The van der Waals surface area contributed by atoms with Crippen LogP contribution in [-0.4, -0.2) is 39.4 Å². The van der Waals surface area contributed by atoms with Crippen LogP contribution in [0.4, 0.5) is 0 Å². The fourth-order valence-corrected chi connectivity index (χ4v) is 4.16. The van der Waals surface area contributed by atoms with E-state index in [0.29, 0.717) is 12.2 Å². The molecule has 31 heavy (non-hydrogen) atoms. The topological polar surface area (TPSA) is 68.2 Å². The largest absolute Gasteiger partial charge is 0.380 e. The zero-order valence-corrected chi connectivity index (χ0v) is 18.1. The summed E-state index contributed by atoms with van der Waals surface area (Å²) in [6, 6.07) is 11.6. The summed E-state index contributed by atoms with van der Waals surface area (Å²) in [5.74, 6) is 0.876. The third kappa shape index (κ3) is 4.64. The molecule has 1 fully saturated rings. The van der Waals surface area contributed by atoms with Crippen molar-refractivity contribution >= 4 is 5.91 Å². The Morgan fingerprint density at radius 2 is 1.94 bits per heavy atom. The smallest absolute Gasteiger partial charge is 0.254 e. The van der Waals surface area contributed by atoms with Crippen molar-refractivity contribution in [3.63, 3.8) is 0 Å². The highest BCUT2D eigenvalue weighted by Gasteiger charge is 2.33. The van der Waals surface area contributed by atoms with Gasteiger partial charge in [-0.25, -0.2) is 9.97 Å². The molecule has 0 bridgehead atoms. The molecule has 160 valence electrons. The molecule has 4 rings (SSSR count). The average molecular weight is 417 g/mol. The summed E-state index contributed by atoms with van der Waals surface area (Å²) in [6.07, 6.45) is 9.12. The second-order valence-corrected chi connectivity index (χ2v) is 7.86. The van der Waals surface area contributed by atoms with Crippen LogP contribution < -0.4 is 0 Å². The van der Waals surface area contributed by atoms with Crippen molar-refractivity contribution in [3.8, 4) is 11.1 Å². The molecule has 1 saturated heterocycles. The predicted molar refractivity (Wildman–Crippen MR) is 119 cm³/mol. The van der Waals surface area contributed by atoms with Gasteiger partial charge in [0, 0.05) is 49.8 Å². The van der Waals surface area contributed by atoms with Gasteiger partial charge in [-0.3, -0.25) is 9.78 Å². The van der Waals surface area contributed by atoms with E-state index in [-0.39, 0.29) is 11.9 Å². The molecule has 3 aromatic rings. The summed E-state index contributed by atoms with van der Waals surface area (Å²) in [7, 11) is 1.67. The van der Waals surface area contributed by atoms with E-state index in [0.717, 1.165) is 60.4 Å². The first kappa shape index (κ1) is 21.1. The summed E-state index contributed by atoms with van der Waals surface area (Å²) in [6.45, 7) is 3.39. The Morgan fingerprint density at radius 1 is 1.16 bits per heavy atom. The predicted octanol–water partition coefficient (Wildman–Crippen LogP) is 4.61. The Balaban J connectivity index is 1.68. The number of carbonyl (C=O) groups is 1. The van der Waals surface area contributed by atoms with Gasteiger partial charge in [-0.2, -0.15) is 0 Å². The normalized spacial score (nSPS) is 15.9. The lowest BCUT2D eigenvalue weighted by molar-refractivity contribution is 0.0733. The molecule has 6 heteroatoms. The molecular weight excluding hydrogens is 388 g/mol. The number of likely N-dealkylation sites (tertiary alicyclic amines) is 1. The maximum Gasteiger partial charge on any atom is 0.254 e. The zero-order valence-electron chi connectivity index (χ0n) is 18.1. The van der Waals surface area contributed by atoms with Crippen molar-refractivity contribution in [1.82, 2.24) is 19.9 Å². The molecule has 0 saturated carbocycles. The Bertz CT molecular complexity index is 1020. The number of hydrogen-bond acceptors (Lipinski definition) is 5. The second-order valence-electron chi connectivity index (χ2n) is 7.86. The number of hydrogen-bond donors (Lipinski definition) is 0. The van der Waals surface area contributed by atoms with Gasteiger partial charge in [0.15, 0.2) is 0 Å². The van der Waals surface area contributed by atoms with E-state index < -0.39 is 0 Å². The molecular formula is C25H28N4O2. The monoisotopic (exact) mass is 416 g/mol. The first-order valence-electron chi connectivity index (χ1n) is 10.9. The van der Waals surface area contributed by atoms with Crippen LogP contribution in [0.1, 0.15) is 59.7 Å². The zero-order chi connectivity index (χ0) is 21.6. The number of rotatable bonds is 7. The van der Waals surface area contributed by atoms with Crippen molar-refractivity contribution in [2.75, 3.05) is 13.7 Å². The number of benzene rings is 1. The van der Waals surface area contributed by atoms with Crippen LogP contribution in [0.3, 0.4) is 0 Å². The minimum atomic E-state index is -0.0621. The number of ether oxygens (including phenoxy) is 1. The second kappa shape index (κ2) is 9.79. The molecule has 0 radical (unpaired) electrons. The highest BCUT2D eigenvalue weighted by Crippen LogP contribution is 2.37. The lowest BCUT2D eigenvalue weighted by atomic mass is 10.00. The molecule has 2 aromatic heterocycles. The lowest BCUT2D eigenvalue weighted by Gasteiger charge is -2.26. The molecule has 3 heterocycles. The number of methoxy groups -OCH3 is 1. The van der Waals surface area contributed by atoms with Gasteiger partial charge in [0.2, 0.25) is 0 Å². The summed E-state index contributed by atoms with van der Waals surface area (Å²) in [5, 5.41) is 0. The van der Waals surface area contributed by atoms with Crippen LogP contribution in [0.2, 0.25) is 0 Å². The fraction of sp³-hybridized carbons (Fsp3) is 0.360. The number of pyridine rings is 1. The molecule has 0 N–H and O–H groups in total. The molecule has 0 spiro atoms. The van der Waals surface area contributed by atoms with Crippen LogP contribution in [0.5, 0.6) is 0 Å². The summed E-state index contributed by atoms with van der Waals surface area (Å²) < 4.78 is 5.18. The molecule has 1 aliphatic heterocycles. The van der Waals surface area contributed by atoms with Crippen molar-refractivity contribution in [3.05, 3.63) is 77.6 Å². The Morgan fingerprint density at radius 3 is 2.65 bits per heavy atom. The van der Waals surface area contributed by atoms with Crippen molar-refractivity contribution in [2.24, 2.45) is 0 Å². The van der Waals surface area contributed by atoms with Gasteiger partial charge in [-0.15, -0.1) is 0 Å². The minimum absolute atomic E-state index is 0.0443. The summed E-state index contributed by atoms with van der Waals surface area (Å²) in [4.78, 5) is 29.0. The number of aromatic nitrogens is 3. The van der Waals surface area contributed by atoms with Gasteiger partial charge in [0.1, 0.15) is 5.82 Å². The van der Waals surface area contributed by atoms with E-state index >= 15 is 0 Å². The molecule has 1 unspecified atom stereocenters. The van der Waals surface area contributed by atoms with Crippen molar-refractivity contribution in [2.45, 2.75) is 45.3 Å². The van der Waals surface area contributed by atoms with Crippen molar-refractivity contribution < 1.29 is 9.53 Å². The molecule has 1 aliphatic rings. The van der Waals surface area contributed by atoms with E-state index in [1.807, 2.05) is 47.5 Å². The van der Waals surface area contributed by atoms with Crippen LogP contribution in [0.25, 0.3) is 11.1 Å². The van der Waals surface area contributed by atoms with Gasteiger partial charge in [-0.05, 0) is 54.7 Å². The van der Waals surface area contributed by atoms with Gasteiger partial charge >= 0.3 is 0 Å². The highest BCUT2D eigenvalue weighted by atomic mass is 16.5. The summed E-state index contributed by atoms with van der Waals surface area (Å²) >= 11 is 0. The Labute approximate surface area is 183 Å². The fourth-order valence-electron chi connectivity index (χ4n) is 4.16. The molecule has 0 aliphatic carbocycles. The van der Waals surface area contributed by atoms with Crippen LogP contribution >= 0.6 is 0 Å². The maximum atomic E-state index is 13.4. The van der Waals surface area contributed by atoms with E-state index in [2.05, 4.69) is 16.9 Å². The van der Waals surface area contributed by atoms with Gasteiger partial charge in [0.05, 0.1) is 18.3 Å². The summed E-state index contributed by atoms with van der Waals surface area (Å²) in [5.41, 5.74) is 4.68. The quantitative estimate of drug-likeness (QED) is 0.562. The third-order valence-electron chi connectivity index (χ3n) is 5.67. The Hall–Kier alpha value is -3.12. The maximum absolute atomic E-state index is 13.4. The SMILES string of the molecule is CCCc1ncc(-c2ccncc2)c(C2CCCN2C(=O)c2ccc(COC)cc2)n1.